The third-order valence-electron chi connectivity index (χ3n) is 5.32. The molecule has 1 aliphatic heterocycles. The van der Waals surface area contributed by atoms with Gasteiger partial charge in [-0.2, -0.15) is 5.26 Å². The Morgan fingerprint density at radius 2 is 1.89 bits per heavy atom. The summed E-state index contributed by atoms with van der Waals surface area (Å²) in [4.78, 5) is 14.6. The quantitative estimate of drug-likeness (QED) is 0.879. The largest absolute Gasteiger partial charge is 0.385 e. The molecule has 3 rings (SSSR count). The van der Waals surface area contributed by atoms with E-state index in [1.165, 1.54) is 12.1 Å². The Balaban J connectivity index is 1.80. The van der Waals surface area contributed by atoms with Gasteiger partial charge in [0, 0.05) is 25.8 Å². The Hall–Kier alpha value is -2.65. The number of hydrogen-bond acceptors (Lipinski definition) is 4. The molecule has 142 valence electrons. The van der Waals surface area contributed by atoms with E-state index in [2.05, 4.69) is 13.0 Å². The van der Waals surface area contributed by atoms with Crippen molar-refractivity contribution in [1.82, 2.24) is 4.57 Å². The minimum atomic E-state index is -1.02. The SMILES string of the molecule is CCCCn1ccc(N2CCC(O)(c3ccc(F)cc3)CC2)c(C#N)c1=O. The number of pyridine rings is 1. The summed E-state index contributed by atoms with van der Waals surface area (Å²) < 4.78 is 14.7. The van der Waals surface area contributed by atoms with Gasteiger partial charge in [0.05, 0.1) is 11.3 Å². The summed E-state index contributed by atoms with van der Waals surface area (Å²) in [5, 5.41) is 20.5. The van der Waals surface area contributed by atoms with Gasteiger partial charge >= 0.3 is 0 Å². The zero-order valence-electron chi connectivity index (χ0n) is 15.5. The third kappa shape index (κ3) is 3.88. The minimum absolute atomic E-state index is 0.154. The number of halogens is 1. The van der Waals surface area contributed by atoms with Crippen molar-refractivity contribution in [3.63, 3.8) is 0 Å². The first-order valence-electron chi connectivity index (χ1n) is 9.35. The van der Waals surface area contributed by atoms with E-state index in [1.807, 2.05) is 11.0 Å². The zero-order chi connectivity index (χ0) is 19.4. The van der Waals surface area contributed by atoms with Gasteiger partial charge < -0.3 is 14.6 Å². The van der Waals surface area contributed by atoms with Gasteiger partial charge in [0.15, 0.2) is 0 Å². The average molecular weight is 369 g/mol. The van der Waals surface area contributed by atoms with E-state index in [-0.39, 0.29) is 16.9 Å². The molecule has 1 fully saturated rings. The van der Waals surface area contributed by atoms with Crippen molar-refractivity contribution in [3.8, 4) is 6.07 Å². The highest BCUT2D eigenvalue weighted by Gasteiger charge is 2.34. The fourth-order valence-electron chi connectivity index (χ4n) is 3.60. The highest BCUT2D eigenvalue weighted by atomic mass is 19.1. The van der Waals surface area contributed by atoms with Crippen LogP contribution in [0.25, 0.3) is 0 Å². The number of anilines is 1. The number of nitriles is 1. The van der Waals surface area contributed by atoms with Crippen LogP contribution in [0.2, 0.25) is 0 Å². The van der Waals surface area contributed by atoms with Gasteiger partial charge in [-0.15, -0.1) is 0 Å². The van der Waals surface area contributed by atoms with Gasteiger partial charge in [-0.25, -0.2) is 4.39 Å². The van der Waals surface area contributed by atoms with Crippen LogP contribution in [0.3, 0.4) is 0 Å². The minimum Gasteiger partial charge on any atom is -0.385 e. The second-order valence-electron chi connectivity index (χ2n) is 7.07. The van der Waals surface area contributed by atoms with Gasteiger partial charge in [-0.3, -0.25) is 4.79 Å². The van der Waals surface area contributed by atoms with Gasteiger partial charge in [0.2, 0.25) is 0 Å². The maximum absolute atomic E-state index is 13.1. The van der Waals surface area contributed by atoms with Crippen LogP contribution < -0.4 is 10.5 Å². The Morgan fingerprint density at radius 1 is 1.22 bits per heavy atom. The third-order valence-corrected chi connectivity index (χ3v) is 5.32. The lowest BCUT2D eigenvalue weighted by molar-refractivity contribution is 0.0117. The smallest absolute Gasteiger partial charge is 0.270 e. The molecule has 1 aromatic heterocycles. The molecule has 0 bridgehead atoms. The number of aliphatic hydroxyl groups is 1. The molecule has 0 aliphatic carbocycles. The first-order chi connectivity index (χ1) is 13.0. The van der Waals surface area contributed by atoms with Gasteiger partial charge in [0.25, 0.3) is 5.56 Å². The lowest BCUT2D eigenvalue weighted by atomic mass is 9.84. The molecule has 0 radical (unpaired) electrons. The van der Waals surface area contributed by atoms with E-state index < -0.39 is 5.60 Å². The number of aryl methyl sites for hydroxylation is 1. The summed E-state index contributed by atoms with van der Waals surface area (Å²) in [7, 11) is 0. The van der Waals surface area contributed by atoms with Crippen LogP contribution in [0, 0.1) is 17.1 Å². The predicted octanol–water partition coefficient (Wildman–Crippen LogP) is 3.15. The molecular weight excluding hydrogens is 345 g/mol. The molecule has 0 amide bonds. The number of rotatable bonds is 5. The number of aromatic nitrogens is 1. The Bertz CT molecular complexity index is 891. The van der Waals surface area contributed by atoms with Gasteiger partial charge in [0.1, 0.15) is 17.4 Å². The topological polar surface area (TPSA) is 69.3 Å². The summed E-state index contributed by atoms with van der Waals surface area (Å²) in [6.45, 7) is 3.69. The van der Waals surface area contributed by atoms with E-state index in [4.69, 9.17) is 0 Å². The monoisotopic (exact) mass is 369 g/mol. The summed E-state index contributed by atoms with van der Waals surface area (Å²) in [5.41, 5.74) is 0.187. The first-order valence-corrected chi connectivity index (χ1v) is 9.35. The number of piperidine rings is 1. The van der Waals surface area contributed by atoms with Crippen LogP contribution in [-0.2, 0) is 12.1 Å². The fourth-order valence-corrected chi connectivity index (χ4v) is 3.60. The lowest BCUT2D eigenvalue weighted by Crippen LogP contribution is -2.43. The van der Waals surface area contributed by atoms with Gasteiger partial charge in [-0.1, -0.05) is 25.5 Å². The second-order valence-corrected chi connectivity index (χ2v) is 7.07. The van der Waals surface area contributed by atoms with E-state index in [0.29, 0.717) is 43.7 Å². The fraction of sp³-hybridized carbons (Fsp3) is 0.429. The molecule has 1 saturated heterocycles. The lowest BCUT2D eigenvalue weighted by Gasteiger charge is -2.39. The Kier molecular flexibility index (Phi) is 5.62. The van der Waals surface area contributed by atoms with Gasteiger partial charge in [-0.05, 0) is 43.0 Å². The second kappa shape index (κ2) is 7.93. The van der Waals surface area contributed by atoms with E-state index in [1.54, 1.807) is 22.9 Å². The first kappa shape index (κ1) is 19.1. The van der Waals surface area contributed by atoms with Crippen LogP contribution in [0.5, 0.6) is 0 Å². The molecule has 2 aromatic rings. The van der Waals surface area contributed by atoms with E-state index in [9.17, 15) is 19.6 Å². The number of benzene rings is 1. The molecule has 1 aliphatic rings. The summed E-state index contributed by atoms with van der Waals surface area (Å²) in [5.74, 6) is -0.331. The maximum atomic E-state index is 13.1. The molecule has 0 spiro atoms. The normalized spacial score (nSPS) is 16.1. The number of hydrogen-bond donors (Lipinski definition) is 1. The Labute approximate surface area is 158 Å². The van der Waals surface area contributed by atoms with Crippen molar-refractivity contribution in [2.75, 3.05) is 18.0 Å². The van der Waals surface area contributed by atoms with Crippen molar-refractivity contribution >= 4 is 5.69 Å². The molecular formula is C21H24FN3O2. The van der Waals surface area contributed by atoms with Crippen molar-refractivity contribution in [1.29, 1.82) is 5.26 Å². The standard InChI is InChI=1S/C21H24FN3O2/c1-2-3-11-25-12-8-19(18(15-23)20(25)26)24-13-9-21(27,10-14-24)16-4-6-17(22)7-5-16/h4-8,12,27H,2-3,9-11,13-14H2,1H3. The van der Waals surface area contributed by atoms with Crippen LogP contribution in [-0.4, -0.2) is 22.8 Å². The highest BCUT2D eigenvalue weighted by Crippen LogP contribution is 2.35. The van der Waals surface area contributed by atoms with Crippen LogP contribution in [0.1, 0.15) is 43.7 Å². The van der Waals surface area contributed by atoms with E-state index >= 15 is 0 Å². The number of nitrogens with zero attached hydrogens (tertiary/aromatic N) is 3. The number of unbranched alkanes of at least 4 members (excludes halogenated alkanes) is 1. The Morgan fingerprint density at radius 3 is 2.48 bits per heavy atom. The molecule has 1 N–H and O–H groups in total. The predicted molar refractivity (Wildman–Crippen MR) is 102 cm³/mol. The molecule has 0 atom stereocenters. The highest BCUT2D eigenvalue weighted by molar-refractivity contribution is 5.58. The summed E-state index contributed by atoms with van der Waals surface area (Å²) >= 11 is 0. The van der Waals surface area contributed by atoms with Crippen molar-refractivity contribution in [2.45, 2.75) is 44.8 Å². The average Bonchev–Trinajstić information content (AvgIpc) is 2.68. The van der Waals surface area contributed by atoms with Crippen molar-refractivity contribution < 1.29 is 9.50 Å². The van der Waals surface area contributed by atoms with Crippen LogP contribution in [0.4, 0.5) is 10.1 Å². The zero-order valence-corrected chi connectivity index (χ0v) is 15.5. The molecule has 2 heterocycles. The van der Waals surface area contributed by atoms with Crippen LogP contribution in [0.15, 0.2) is 41.3 Å². The molecule has 0 saturated carbocycles. The molecule has 1 aromatic carbocycles. The summed E-state index contributed by atoms with van der Waals surface area (Å²) in [6, 6.07) is 9.80. The molecule has 0 unspecified atom stereocenters. The van der Waals surface area contributed by atoms with Crippen molar-refractivity contribution in [2.24, 2.45) is 0 Å². The molecule has 27 heavy (non-hydrogen) atoms. The van der Waals surface area contributed by atoms with Crippen LogP contribution >= 0.6 is 0 Å². The molecule has 5 nitrogen and oxygen atoms in total. The maximum Gasteiger partial charge on any atom is 0.270 e. The molecule has 6 heteroatoms. The van der Waals surface area contributed by atoms with E-state index in [0.717, 1.165) is 12.8 Å². The van der Waals surface area contributed by atoms with Crippen molar-refractivity contribution in [3.05, 3.63) is 63.8 Å². The summed E-state index contributed by atoms with van der Waals surface area (Å²) in [6.07, 6.45) is 4.50.